The van der Waals surface area contributed by atoms with Crippen LogP contribution in [0.25, 0.3) is 0 Å². The van der Waals surface area contributed by atoms with Crippen molar-refractivity contribution >= 4 is 11.4 Å². The first kappa shape index (κ1) is 14.0. The van der Waals surface area contributed by atoms with E-state index in [2.05, 4.69) is 36.1 Å². The second-order valence-corrected chi connectivity index (χ2v) is 6.08. The van der Waals surface area contributed by atoms with E-state index in [9.17, 15) is 5.11 Å². The minimum absolute atomic E-state index is 0.161. The smallest absolute Gasteiger partial charge is 0.122 e. The van der Waals surface area contributed by atoms with Crippen molar-refractivity contribution in [2.45, 2.75) is 26.3 Å². The predicted molar refractivity (Wildman–Crippen MR) is 87.0 cm³/mol. The third-order valence-electron chi connectivity index (χ3n) is 4.16. The van der Waals surface area contributed by atoms with Gasteiger partial charge < -0.3 is 15.7 Å². The molecule has 110 valence electrons. The van der Waals surface area contributed by atoms with Gasteiger partial charge in [0.05, 0.1) is 0 Å². The summed E-state index contributed by atoms with van der Waals surface area (Å²) in [5, 5.41) is 10.2. The van der Waals surface area contributed by atoms with E-state index in [1.165, 1.54) is 11.3 Å². The Morgan fingerprint density at radius 1 is 1.24 bits per heavy atom. The van der Waals surface area contributed by atoms with Gasteiger partial charge in [0.25, 0.3) is 0 Å². The lowest BCUT2D eigenvalue weighted by Gasteiger charge is -2.35. The number of benzene rings is 2. The highest BCUT2D eigenvalue weighted by Crippen LogP contribution is 2.37. The molecule has 2 aromatic rings. The van der Waals surface area contributed by atoms with Gasteiger partial charge in [-0.25, -0.2) is 0 Å². The van der Waals surface area contributed by atoms with Crippen LogP contribution in [0.2, 0.25) is 0 Å². The Morgan fingerprint density at radius 3 is 2.71 bits per heavy atom. The molecule has 2 unspecified atom stereocenters. The van der Waals surface area contributed by atoms with Crippen molar-refractivity contribution < 1.29 is 5.11 Å². The number of fused-ring (bicyclic) bond motifs is 1. The molecular weight excluding hydrogens is 260 g/mol. The molecule has 21 heavy (non-hydrogen) atoms. The minimum atomic E-state index is -0.161. The summed E-state index contributed by atoms with van der Waals surface area (Å²) >= 11 is 0. The molecule has 0 saturated heterocycles. The molecule has 3 nitrogen and oxygen atoms in total. The third-order valence-corrected chi connectivity index (χ3v) is 4.16. The summed E-state index contributed by atoms with van der Waals surface area (Å²) in [6, 6.07) is 14.1. The quantitative estimate of drug-likeness (QED) is 0.882. The van der Waals surface area contributed by atoms with E-state index >= 15 is 0 Å². The van der Waals surface area contributed by atoms with Gasteiger partial charge in [-0.15, -0.1) is 0 Å². The van der Waals surface area contributed by atoms with Crippen LogP contribution in [0.5, 0.6) is 5.75 Å². The first-order valence-corrected chi connectivity index (χ1v) is 7.50. The summed E-state index contributed by atoms with van der Waals surface area (Å²) in [6.07, 6.45) is 1.11. The number of hydrogen-bond donors (Lipinski definition) is 2. The summed E-state index contributed by atoms with van der Waals surface area (Å²) in [5.41, 5.74) is 10.3. The zero-order chi connectivity index (χ0) is 15.0. The van der Waals surface area contributed by atoms with E-state index in [0.29, 0.717) is 5.92 Å². The van der Waals surface area contributed by atoms with Crippen LogP contribution < -0.4 is 10.6 Å². The van der Waals surface area contributed by atoms with Crippen molar-refractivity contribution in [2.75, 3.05) is 11.4 Å². The lowest BCUT2D eigenvalue weighted by atomic mass is 9.93. The molecule has 0 bridgehead atoms. The molecule has 3 heteroatoms. The van der Waals surface area contributed by atoms with Crippen LogP contribution in [0.1, 0.15) is 31.0 Å². The van der Waals surface area contributed by atoms with Gasteiger partial charge >= 0.3 is 0 Å². The molecule has 0 saturated carbocycles. The number of phenolic OH excluding ortho intramolecular Hbond substituents is 1. The van der Waals surface area contributed by atoms with Gasteiger partial charge in [0.15, 0.2) is 0 Å². The fourth-order valence-corrected chi connectivity index (χ4v) is 3.13. The fraction of sp³-hybridized carbons (Fsp3) is 0.333. The average molecular weight is 282 g/mol. The first-order valence-electron chi connectivity index (χ1n) is 7.50. The number of hydrogen-bond acceptors (Lipinski definition) is 3. The van der Waals surface area contributed by atoms with Crippen molar-refractivity contribution in [3.8, 4) is 5.75 Å². The van der Waals surface area contributed by atoms with Crippen LogP contribution in [-0.2, 0) is 6.42 Å². The van der Waals surface area contributed by atoms with Crippen molar-refractivity contribution in [1.29, 1.82) is 0 Å². The molecule has 0 spiro atoms. The maximum Gasteiger partial charge on any atom is 0.122 e. The van der Waals surface area contributed by atoms with E-state index in [0.717, 1.165) is 24.2 Å². The molecular formula is C18H22N2O. The van der Waals surface area contributed by atoms with Gasteiger partial charge in [0.1, 0.15) is 5.75 Å². The highest BCUT2D eigenvalue weighted by Gasteiger charge is 2.23. The van der Waals surface area contributed by atoms with Gasteiger partial charge in [0, 0.05) is 35.6 Å². The number of para-hydroxylation sites is 1. The van der Waals surface area contributed by atoms with E-state index in [1.807, 2.05) is 25.1 Å². The first-order chi connectivity index (χ1) is 10.1. The Hall–Kier alpha value is -2.00. The van der Waals surface area contributed by atoms with Crippen LogP contribution >= 0.6 is 0 Å². The third kappa shape index (κ3) is 2.61. The molecule has 3 N–H and O–H groups in total. The number of nitrogens with zero attached hydrogens (tertiary/aromatic N) is 1. The zero-order valence-electron chi connectivity index (χ0n) is 12.6. The Balaban J connectivity index is 2.03. The van der Waals surface area contributed by atoms with Crippen molar-refractivity contribution in [3.05, 3.63) is 53.6 Å². The Kier molecular flexibility index (Phi) is 3.60. The highest BCUT2D eigenvalue weighted by atomic mass is 16.3. The molecule has 3 rings (SSSR count). The highest BCUT2D eigenvalue weighted by molar-refractivity contribution is 5.69. The van der Waals surface area contributed by atoms with Crippen LogP contribution in [0.15, 0.2) is 42.5 Å². The zero-order valence-corrected chi connectivity index (χ0v) is 12.6. The van der Waals surface area contributed by atoms with Crippen molar-refractivity contribution in [1.82, 2.24) is 0 Å². The van der Waals surface area contributed by atoms with E-state index in [4.69, 9.17) is 5.73 Å². The van der Waals surface area contributed by atoms with E-state index in [-0.39, 0.29) is 11.8 Å². The van der Waals surface area contributed by atoms with E-state index in [1.54, 1.807) is 0 Å². The van der Waals surface area contributed by atoms with Crippen LogP contribution in [-0.4, -0.2) is 11.7 Å². The van der Waals surface area contributed by atoms with Gasteiger partial charge in [0.2, 0.25) is 0 Å². The Bertz CT molecular complexity index is 651. The molecule has 1 aliphatic rings. The number of phenols is 1. The van der Waals surface area contributed by atoms with Gasteiger partial charge in [-0.3, -0.25) is 0 Å². The lowest BCUT2D eigenvalue weighted by Crippen LogP contribution is -2.30. The van der Waals surface area contributed by atoms with E-state index < -0.39 is 0 Å². The summed E-state index contributed by atoms with van der Waals surface area (Å²) in [6.45, 7) is 5.11. The molecule has 2 aromatic carbocycles. The second-order valence-electron chi connectivity index (χ2n) is 6.08. The fourth-order valence-electron chi connectivity index (χ4n) is 3.13. The average Bonchev–Trinajstić information content (AvgIpc) is 2.45. The second kappa shape index (κ2) is 5.41. The Labute approximate surface area is 126 Å². The summed E-state index contributed by atoms with van der Waals surface area (Å²) < 4.78 is 0. The Morgan fingerprint density at radius 2 is 2.00 bits per heavy atom. The summed E-state index contributed by atoms with van der Waals surface area (Å²) in [4.78, 5) is 2.29. The van der Waals surface area contributed by atoms with Crippen LogP contribution in [0, 0.1) is 5.92 Å². The van der Waals surface area contributed by atoms with Crippen LogP contribution in [0.4, 0.5) is 11.4 Å². The molecule has 0 amide bonds. The molecule has 0 radical (unpaired) electrons. The predicted octanol–water partition coefficient (Wildman–Crippen LogP) is 3.74. The molecule has 1 heterocycles. The standard InChI is InChI=1S/C18H22N2O/c1-12-9-14-5-3-4-6-17(14)20(11-12)15-7-8-16(13(2)19)18(21)10-15/h3-8,10,12-13,21H,9,11,19H2,1-2H3. The van der Waals surface area contributed by atoms with Gasteiger partial charge in [-0.2, -0.15) is 0 Å². The number of rotatable bonds is 2. The maximum absolute atomic E-state index is 10.2. The molecule has 1 aliphatic heterocycles. The number of anilines is 2. The minimum Gasteiger partial charge on any atom is -0.508 e. The normalized spacial score (nSPS) is 19.2. The van der Waals surface area contributed by atoms with Crippen LogP contribution in [0.3, 0.4) is 0 Å². The maximum atomic E-state index is 10.2. The monoisotopic (exact) mass is 282 g/mol. The topological polar surface area (TPSA) is 49.5 Å². The largest absolute Gasteiger partial charge is 0.508 e. The van der Waals surface area contributed by atoms with Gasteiger partial charge in [-0.05, 0) is 37.0 Å². The number of nitrogens with two attached hydrogens (primary N) is 1. The number of aromatic hydroxyl groups is 1. The molecule has 0 aliphatic carbocycles. The molecule has 0 fully saturated rings. The lowest BCUT2D eigenvalue weighted by molar-refractivity contribution is 0.463. The van der Waals surface area contributed by atoms with Crippen molar-refractivity contribution in [3.63, 3.8) is 0 Å². The molecule has 0 aromatic heterocycles. The summed E-state index contributed by atoms with van der Waals surface area (Å²) in [5.74, 6) is 0.869. The van der Waals surface area contributed by atoms with Crippen molar-refractivity contribution in [2.24, 2.45) is 11.7 Å². The summed E-state index contributed by atoms with van der Waals surface area (Å²) in [7, 11) is 0. The van der Waals surface area contributed by atoms with Gasteiger partial charge in [-0.1, -0.05) is 31.2 Å². The SMILES string of the molecule is CC1Cc2ccccc2N(c2ccc(C(C)N)c(O)c2)C1. The molecule has 2 atom stereocenters.